The van der Waals surface area contributed by atoms with Gasteiger partial charge in [0.15, 0.2) is 0 Å². The van der Waals surface area contributed by atoms with E-state index in [1.807, 2.05) is 31.2 Å². The maximum Gasteiger partial charge on any atom is 0.335 e. The fourth-order valence-electron chi connectivity index (χ4n) is 3.90. The number of hydrogen-bond donors (Lipinski definition) is 3. The number of aliphatic hydroxyl groups is 1. The van der Waals surface area contributed by atoms with Crippen LogP contribution in [0.5, 0.6) is 0 Å². The Balaban J connectivity index is 2.34. The molecule has 1 aromatic heterocycles. The summed E-state index contributed by atoms with van der Waals surface area (Å²) in [5.41, 5.74) is -0.204. The predicted octanol–water partition coefficient (Wildman–Crippen LogP) is 4.58. The number of hydrogen-bond acceptors (Lipinski definition) is 4. The van der Waals surface area contributed by atoms with E-state index >= 15 is 0 Å². The zero-order valence-corrected chi connectivity index (χ0v) is 20.6. The van der Waals surface area contributed by atoms with Crippen LogP contribution in [0, 0.1) is 30.5 Å². The fourth-order valence-corrected chi connectivity index (χ4v) is 4.83. The Bertz CT molecular complexity index is 1300. The second-order valence-electron chi connectivity index (χ2n) is 8.67. The molecule has 2 aromatic carbocycles. The van der Waals surface area contributed by atoms with Gasteiger partial charge >= 0.3 is 5.97 Å². The van der Waals surface area contributed by atoms with Gasteiger partial charge in [0.05, 0.1) is 11.4 Å². The third-order valence-corrected chi connectivity index (χ3v) is 7.17. The molecule has 8 heteroatoms. The second-order valence-corrected chi connectivity index (χ2v) is 10.0. The van der Waals surface area contributed by atoms with Crippen molar-refractivity contribution in [1.82, 2.24) is 4.98 Å². The van der Waals surface area contributed by atoms with Crippen molar-refractivity contribution >= 4 is 14.0 Å². The predicted molar refractivity (Wildman–Crippen MR) is 133 cm³/mol. The first kappa shape index (κ1) is 26.3. The summed E-state index contributed by atoms with van der Waals surface area (Å²) < 4.78 is 26.3. The van der Waals surface area contributed by atoms with E-state index in [9.17, 15) is 28.9 Å². The fraction of sp³-hybridized carbons (Fsp3) is 0.259. The Labute approximate surface area is 204 Å². The lowest BCUT2D eigenvalue weighted by atomic mass is 9.78. The summed E-state index contributed by atoms with van der Waals surface area (Å²) >= 11 is 0. The molecule has 3 rings (SSSR count). The number of benzene rings is 2. The lowest BCUT2D eigenvalue weighted by Crippen LogP contribution is -2.55. The number of halogens is 1. The summed E-state index contributed by atoms with van der Waals surface area (Å²) in [7, 11) is -4.03. The van der Waals surface area contributed by atoms with Crippen molar-refractivity contribution in [2.75, 3.05) is 0 Å². The largest absolute Gasteiger partial charge is 0.480 e. The Morgan fingerprint density at radius 3 is 2.31 bits per heavy atom. The molecule has 3 N–H and O–H groups in total. The van der Waals surface area contributed by atoms with Gasteiger partial charge in [-0.25, -0.2) is 14.2 Å². The lowest BCUT2D eigenvalue weighted by molar-refractivity contribution is -0.146. The van der Waals surface area contributed by atoms with Crippen LogP contribution in [0.1, 0.15) is 30.7 Å². The molecule has 3 aromatic rings. The third-order valence-electron chi connectivity index (χ3n) is 5.78. The molecule has 0 aliphatic carbocycles. The van der Waals surface area contributed by atoms with Crippen LogP contribution in [0.4, 0.5) is 4.39 Å². The van der Waals surface area contributed by atoms with Gasteiger partial charge in [-0.3, -0.25) is 4.57 Å². The van der Waals surface area contributed by atoms with Gasteiger partial charge < -0.3 is 15.1 Å². The van der Waals surface area contributed by atoms with Crippen LogP contribution in [0.2, 0.25) is 0 Å². The molecule has 0 fully saturated rings. The number of aromatic nitrogens is 1. The number of nitrogens with zero attached hydrogens (tertiary/aromatic N) is 1. The van der Waals surface area contributed by atoms with Gasteiger partial charge in [0, 0.05) is 17.9 Å². The van der Waals surface area contributed by atoms with E-state index in [0.717, 1.165) is 23.3 Å². The van der Waals surface area contributed by atoms with Crippen molar-refractivity contribution in [2.45, 2.75) is 37.9 Å². The van der Waals surface area contributed by atoms with Gasteiger partial charge in [0.2, 0.25) is 13.2 Å². The van der Waals surface area contributed by atoms with Crippen LogP contribution in [-0.2, 0) is 21.4 Å². The van der Waals surface area contributed by atoms with E-state index in [1.165, 1.54) is 18.2 Å². The number of carboxylic acids is 1. The van der Waals surface area contributed by atoms with Gasteiger partial charge in [-0.05, 0) is 42.3 Å². The smallest absolute Gasteiger partial charge is 0.335 e. The van der Waals surface area contributed by atoms with Gasteiger partial charge in [0.25, 0.3) is 0 Å². The van der Waals surface area contributed by atoms with Crippen molar-refractivity contribution in [3.63, 3.8) is 0 Å². The average Bonchev–Trinajstić information content (AvgIpc) is 2.80. The molecule has 0 amide bonds. The standard InChI is InChI=1S/C27H27FNO5P/c1-18(2)15-16-27(25(30)31,35(33)34)26(32,17-20-11-13-21(28)14-12-20)24-10-6-9-23(29-24)22-8-5-4-7-19(22)3/h4-14,18,32,35H,17H2,1-3H3,(H,30,31)(H,33,34). The van der Waals surface area contributed by atoms with Gasteiger partial charge in [-0.1, -0.05) is 68.2 Å². The van der Waals surface area contributed by atoms with E-state index in [-0.39, 0.29) is 11.6 Å². The number of aliphatic carboxylic acids is 1. The normalized spacial score (nSPS) is 15.4. The molecule has 6 nitrogen and oxygen atoms in total. The topological polar surface area (TPSA) is 108 Å². The third kappa shape index (κ3) is 5.21. The van der Waals surface area contributed by atoms with Crippen molar-refractivity contribution in [1.29, 1.82) is 0 Å². The maximum absolute atomic E-state index is 13.5. The number of rotatable bonds is 7. The molecule has 0 saturated carbocycles. The van der Waals surface area contributed by atoms with Gasteiger partial charge in [-0.2, -0.15) is 0 Å². The first-order chi connectivity index (χ1) is 16.5. The molecular formula is C27H27FNO5P. The monoisotopic (exact) mass is 495 g/mol. The summed E-state index contributed by atoms with van der Waals surface area (Å²) in [5, 5.41) is 19.6. The average molecular weight is 495 g/mol. The quantitative estimate of drug-likeness (QED) is 0.327. The van der Waals surface area contributed by atoms with Crippen LogP contribution in [0.25, 0.3) is 11.3 Å². The lowest BCUT2D eigenvalue weighted by Gasteiger charge is -2.39. The van der Waals surface area contributed by atoms with E-state index < -0.39 is 37.0 Å². The van der Waals surface area contributed by atoms with Gasteiger partial charge in [-0.15, -0.1) is 0 Å². The van der Waals surface area contributed by atoms with E-state index in [2.05, 4.69) is 16.8 Å². The highest BCUT2D eigenvalue weighted by atomic mass is 31.1. The minimum atomic E-state index is -4.03. The summed E-state index contributed by atoms with van der Waals surface area (Å²) in [6.07, 6.45) is -0.437. The summed E-state index contributed by atoms with van der Waals surface area (Å²) in [6, 6.07) is 17.2. The minimum Gasteiger partial charge on any atom is -0.480 e. The molecule has 3 atom stereocenters. The molecule has 0 saturated heterocycles. The highest BCUT2D eigenvalue weighted by Crippen LogP contribution is 2.50. The summed E-state index contributed by atoms with van der Waals surface area (Å²) in [6.45, 7) is 5.28. The van der Waals surface area contributed by atoms with Crippen molar-refractivity contribution in [3.8, 4) is 23.1 Å². The van der Waals surface area contributed by atoms with Crippen molar-refractivity contribution < 1.29 is 28.9 Å². The van der Waals surface area contributed by atoms with E-state index in [1.54, 1.807) is 26.0 Å². The second kappa shape index (κ2) is 10.5. The first-order valence-electron chi connectivity index (χ1n) is 11.0. The van der Waals surface area contributed by atoms with Gasteiger partial charge in [0.1, 0.15) is 11.4 Å². The molecule has 1 heterocycles. The summed E-state index contributed by atoms with van der Waals surface area (Å²) in [4.78, 5) is 27.6. The van der Waals surface area contributed by atoms with Crippen LogP contribution >= 0.6 is 8.03 Å². The number of carbonyl (C=O) groups is 1. The minimum absolute atomic E-state index is 0.129. The summed E-state index contributed by atoms with van der Waals surface area (Å²) in [5.74, 6) is 2.50. The maximum atomic E-state index is 13.5. The van der Waals surface area contributed by atoms with Crippen LogP contribution in [0.15, 0.2) is 66.7 Å². The first-order valence-corrected chi connectivity index (χ1v) is 12.4. The van der Waals surface area contributed by atoms with Crippen LogP contribution in [-0.4, -0.2) is 31.2 Å². The van der Waals surface area contributed by atoms with Crippen molar-refractivity contribution in [2.24, 2.45) is 5.92 Å². The Morgan fingerprint density at radius 1 is 1.09 bits per heavy atom. The Morgan fingerprint density at radius 2 is 1.74 bits per heavy atom. The zero-order valence-electron chi connectivity index (χ0n) is 19.6. The molecule has 0 aliphatic heterocycles. The molecule has 3 unspecified atom stereocenters. The number of aryl methyl sites for hydroxylation is 1. The molecule has 35 heavy (non-hydrogen) atoms. The number of pyridine rings is 1. The van der Waals surface area contributed by atoms with E-state index in [0.29, 0.717) is 11.3 Å². The van der Waals surface area contributed by atoms with Crippen LogP contribution < -0.4 is 0 Å². The molecule has 0 aliphatic rings. The van der Waals surface area contributed by atoms with E-state index in [4.69, 9.17) is 0 Å². The molecule has 182 valence electrons. The number of carboxylic acid groups (broad SMARTS) is 1. The molecule has 0 spiro atoms. The highest BCUT2D eigenvalue weighted by Gasteiger charge is 2.61. The molecular weight excluding hydrogens is 468 g/mol. The zero-order chi connectivity index (χ0) is 25.8. The SMILES string of the molecule is Cc1ccccc1-c1cccc(C(O)(Cc2ccc(F)cc2)C(C#CC(C)C)(C(=O)O)[PH](=O)O)n1. The molecule has 0 radical (unpaired) electrons. The van der Waals surface area contributed by atoms with Crippen LogP contribution in [0.3, 0.4) is 0 Å². The molecule has 0 bridgehead atoms. The Hall–Kier alpha value is -3.30. The Kier molecular flexibility index (Phi) is 7.92. The highest BCUT2D eigenvalue weighted by molar-refractivity contribution is 7.42. The van der Waals surface area contributed by atoms with Crippen molar-refractivity contribution in [3.05, 3.63) is 89.4 Å².